The van der Waals surface area contributed by atoms with Crippen molar-refractivity contribution in [1.82, 2.24) is 4.90 Å². The number of rotatable bonds is 3. The molecule has 0 amide bonds. The summed E-state index contributed by atoms with van der Waals surface area (Å²) in [4.78, 5) is 12.9. The number of hydrogen-bond acceptors (Lipinski definition) is 5. The number of benzene rings is 1. The summed E-state index contributed by atoms with van der Waals surface area (Å²) in [6, 6.07) is 4.43. The summed E-state index contributed by atoms with van der Waals surface area (Å²) < 4.78 is 0. The Morgan fingerprint density at radius 1 is 1.38 bits per heavy atom. The molecule has 21 heavy (non-hydrogen) atoms. The van der Waals surface area contributed by atoms with Crippen molar-refractivity contribution >= 4 is 41.1 Å². The summed E-state index contributed by atoms with van der Waals surface area (Å²) >= 11 is 5.89. The molecule has 0 atom stereocenters. The number of hydrogen-bond donors (Lipinski definition) is 1. The average Bonchev–Trinajstić information content (AvgIpc) is 2.46. The van der Waals surface area contributed by atoms with Gasteiger partial charge in [0.15, 0.2) is 0 Å². The summed E-state index contributed by atoms with van der Waals surface area (Å²) in [5, 5.41) is 15.8. The van der Waals surface area contributed by atoms with E-state index in [0.29, 0.717) is 16.6 Å². The van der Waals surface area contributed by atoms with Crippen LogP contribution in [0.1, 0.15) is 12.8 Å². The highest BCUT2D eigenvalue weighted by molar-refractivity contribution is 6.31. The first-order valence-corrected chi connectivity index (χ1v) is 7.00. The number of nitro benzene ring substituents is 1. The Morgan fingerprint density at radius 3 is 2.67 bits per heavy atom. The van der Waals surface area contributed by atoms with E-state index in [0.717, 1.165) is 38.2 Å². The van der Waals surface area contributed by atoms with Gasteiger partial charge >= 0.3 is 0 Å². The van der Waals surface area contributed by atoms with Gasteiger partial charge in [-0.3, -0.25) is 20.4 Å². The first kappa shape index (κ1) is 16.0. The van der Waals surface area contributed by atoms with Gasteiger partial charge < -0.3 is 0 Å². The lowest BCUT2D eigenvalue weighted by atomic mass is 9.87. The van der Waals surface area contributed by atoms with Crippen LogP contribution in [0, 0.1) is 16.0 Å². The minimum Gasteiger partial charge on any atom is -0.298 e. The number of nitrogens with zero attached hydrogens (tertiary/aromatic N) is 3. The van der Waals surface area contributed by atoms with Crippen molar-refractivity contribution in [2.75, 3.05) is 25.1 Å². The van der Waals surface area contributed by atoms with Gasteiger partial charge in [0.1, 0.15) is 5.69 Å². The minimum absolute atomic E-state index is 0. The van der Waals surface area contributed by atoms with Gasteiger partial charge in [-0.25, -0.2) is 0 Å². The quantitative estimate of drug-likeness (QED) is 0.682. The highest BCUT2D eigenvalue weighted by Gasteiger charge is 2.31. The number of halogens is 2. The van der Waals surface area contributed by atoms with Crippen LogP contribution in [0.3, 0.4) is 0 Å². The standard InChI is InChI=1S/C13H15ClN4O2.ClH/c14-10-1-2-13(18(19)20)11(7-10)15-16-12-8-17-5-3-9(12)4-6-17;/h1-2,7,9,15H,3-6,8H2;1H/b16-12-;. The Hall–Kier alpha value is -1.37. The zero-order valence-electron chi connectivity index (χ0n) is 11.3. The largest absolute Gasteiger partial charge is 0.298 e. The molecule has 8 heteroatoms. The molecule has 1 N–H and O–H groups in total. The maximum atomic E-state index is 11.0. The van der Waals surface area contributed by atoms with Crippen LogP contribution in [0.4, 0.5) is 11.4 Å². The first-order chi connectivity index (χ1) is 9.63. The predicted octanol–water partition coefficient (Wildman–Crippen LogP) is 3.16. The van der Waals surface area contributed by atoms with Crippen LogP contribution in [0.15, 0.2) is 23.3 Å². The van der Waals surface area contributed by atoms with Crippen molar-refractivity contribution in [3.63, 3.8) is 0 Å². The molecule has 3 aliphatic heterocycles. The SMILES string of the molecule is Cl.O=[N+]([O-])c1ccc(Cl)cc1N/N=C1/CN2CCC1CC2. The molecule has 3 aliphatic rings. The molecule has 114 valence electrons. The van der Waals surface area contributed by atoms with E-state index in [9.17, 15) is 10.1 Å². The van der Waals surface area contributed by atoms with E-state index >= 15 is 0 Å². The number of fused-ring (bicyclic) bond motifs is 3. The van der Waals surface area contributed by atoms with E-state index in [4.69, 9.17) is 11.6 Å². The maximum Gasteiger partial charge on any atom is 0.294 e. The minimum atomic E-state index is -0.435. The zero-order valence-corrected chi connectivity index (χ0v) is 12.9. The molecule has 1 aromatic carbocycles. The Balaban J connectivity index is 0.00000161. The summed E-state index contributed by atoms with van der Waals surface area (Å²) in [7, 11) is 0. The maximum absolute atomic E-state index is 11.0. The molecule has 0 saturated carbocycles. The second-order valence-corrected chi connectivity index (χ2v) is 5.62. The van der Waals surface area contributed by atoms with E-state index in [1.54, 1.807) is 0 Å². The van der Waals surface area contributed by atoms with Crippen molar-refractivity contribution in [1.29, 1.82) is 0 Å². The van der Waals surface area contributed by atoms with Crippen LogP contribution in [-0.4, -0.2) is 35.2 Å². The van der Waals surface area contributed by atoms with Gasteiger partial charge in [-0.2, -0.15) is 5.10 Å². The Morgan fingerprint density at radius 2 is 2.10 bits per heavy atom. The highest BCUT2D eigenvalue weighted by atomic mass is 35.5. The Bertz CT molecular complexity index is 571. The molecule has 0 radical (unpaired) electrons. The van der Waals surface area contributed by atoms with Crippen molar-refractivity contribution in [2.45, 2.75) is 12.8 Å². The van der Waals surface area contributed by atoms with Crippen LogP contribution in [0.25, 0.3) is 0 Å². The molecule has 1 aromatic rings. The average molecular weight is 331 g/mol. The second kappa shape index (κ2) is 6.60. The monoisotopic (exact) mass is 330 g/mol. The molecule has 3 fully saturated rings. The van der Waals surface area contributed by atoms with Crippen molar-refractivity contribution in [3.05, 3.63) is 33.3 Å². The predicted molar refractivity (Wildman–Crippen MR) is 85.6 cm³/mol. The van der Waals surface area contributed by atoms with Crippen LogP contribution in [0.5, 0.6) is 0 Å². The van der Waals surface area contributed by atoms with E-state index in [1.165, 1.54) is 18.2 Å². The van der Waals surface area contributed by atoms with Crippen LogP contribution in [-0.2, 0) is 0 Å². The first-order valence-electron chi connectivity index (χ1n) is 6.62. The fraction of sp³-hybridized carbons (Fsp3) is 0.462. The number of anilines is 1. The lowest BCUT2D eigenvalue weighted by Gasteiger charge is -2.39. The molecule has 4 rings (SSSR count). The topological polar surface area (TPSA) is 70.8 Å². The van der Waals surface area contributed by atoms with Gasteiger partial charge in [0.2, 0.25) is 0 Å². The van der Waals surface area contributed by atoms with Crippen molar-refractivity contribution in [3.8, 4) is 0 Å². The van der Waals surface area contributed by atoms with E-state index in [-0.39, 0.29) is 18.1 Å². The number of hydrazone groups is 1. The zero-order chi connectivity index (χ0) is 14.1. The van der Waals surface area contributed by atoms with Gasteiger partial charge in [0.25, 0.3) is 5.69 Å². The van der Waals surface area contributed by atoms with E-state index < -0.39 is 4.92 Å². The molecule has 0 unspecified atom stereocenters. The molecule has 6 nitrogen and oxygen atoms in total. The number of piperidine rings is 3. The van der Waals surface area contributed by atoms with Gasteiger partial charge in [0, 0.05) is 23.6 Å². The smallest absolute Gasteiger partial charge is 0.294 e. The lowest BCUT2D eigenvalue weighted by molar-refractivity contribution is -0.384. The third-order valence-electron chi connectivity index (χ3n) is 3.92. The van der Waals surface area contributed by atoms with Crippen molar-refractivity contribution in [2.24, 2.45) is 11.0 Å². The molecule has 3 saturated heterocycles. The Labute approximate surface area is 133 Å². The number of nitro groups is 1. The number of nitrogens with one attached hydrogen (secondary N) is 1. The Kier molecular flexibility index (Phi) is 5.03. The molecule has 0 aliphatic carbocycles. The van der Waals surface area contributed by atoms with E-state index in [1.807, 2.05) is 0 Å². The van der Waals surface area contributed by atoms with Crippen LogP contribution in [0.2, 0.25) is 5.02 Å². The summed E-state index contributed by atoms with van der Waals surface area (Å²) in [6.45, 7) is 3.11. The summed E-state index contributed by atoms with van der Waals surface area (Å²) in [5.41, 5.74) is 4.23. The lowest BCUT2D eigenvalue weighted by Crippen LogP contribution is -2.48. The van der Waals surface area contributed by atoms with Gasteiger partial charge in [-0.15, -0.1) is 12.4 Å². The molecule has 0 aromatic heterocycles. The normalized spacial score (nSPS) is 25.5. The third-order valence-corrected chi connectivity index (χ3v) is 4.15. The van der Waals surface area contributed by atoms with Gasteiger partial charge in [-0.1, -0.05) is 11.6 Å². The van der Waals surface area contributed by atoms with Crippen LogP contribution < -0.4 is 5.43 Å². The van der Waals surface area contributed by atoms with Crippen molar-refractivity contribution < 1.29 is 4.92 Å². The van der Waals surface area contributed by atoms with Gasteiger partial charge in [-0.05, 0) is 38.1 Å². The highest BCUT2D eigenvalue weighted by Crippen LogP contribution is 2.29. The molecule has 3 heterocycles. The fourth-order valence-corrected chi connectivity index (χ4v) is 2.97. The molecular formula is C13H16Cl2N4O2. The van der Waals surface area contributed by atoms with Crippen LogP contribution >= 0.6 is 24.0 Å². The molecular weight excluding hydrogens is 315 g/mol. The van der Waals surface area contributed by atoms with Gasteiger partial charge in [0.05, 0.1) is 10.6 Å². The third kappa shape index (κ3) is 3.45. The molecule has 2 bridgehead atoms. The molecule has 0 spiro atoms. The van der Waals surface area contributed by atoms with E-state index in [2.05, 4.69) is 15.4 Å². The second-order valence-electron chi connectivity index (χ2n) is 5.18. The fourth-order valence-electron chi connectivity index (χ4n) is 2.80. The summed E-state index contributed by atoms with van der Waals surface area (Å²) in [5.74, 6) is 0.505. The summed E-state index contributed by atoms with van der Waals surface area (Å²) in [6.07, 6.45) is 2.25.